The zero-order chi connectivity index (χ0) is 16.5. The summed E-state index contributed by atoms with van der Waals surface area (Å²) < 4.78 is 1.78. The molecule has 0 aliphatic heterocycles. The fourth-order valence-corrected chi connectivity index (χ4v) is 3.05. The maximum Gasteiger partial charge on any atom is 0.115 e. The molecule has 0 saturated heterocycles. The highest BCUT2D eigenvalue weighted by Crippen LogP contribution is 2.33. The molecule has 0 aliphatic carbocycles. The van der Waals surface area contributed by atoms with E-state index >= 15 is 0 Å². The normalized spacial score (nSPS) is 12.4. The minimum Gasteiger partial charge on any atom is -0.248 e. The van der Waals surface area contributed by atoms with Crippen LogP contribution in [0.4, 0.5) is 0 Å². The first-order valence-electron chi connectivity index (χ1n) is 7.52. The number of fused-ring (bicyclic) bond motifs is 1. The summed E-state index contributed by atoms with van der Waals surface area (Å²) in [6.07, 6.45) is 5.23. The van der Waals surface area contributed by atoms with Crippen LogP contribution in [-0.4, -0.2) is 25.0 Å². The van der Waals surface area contributed by atoms with Gasteiger partial charge in [-0.3, -0.25) is 0 Å². The molecule has 0 saturated carbocycles. The molecular formula is C18H14ClN5. The van der Waals surface area contributed by atoms with Gasteiger partial charge < -0.3 is 0 Å². The van der Waals surface area contributed by atoms with Gasteiger partial charge >= 0.3 is 0 Å². The minimum atomic E-state index is 0.0165. The van der Waals surface area contributed by atoms with Gasteiger partial charge in [0.1, 0.15) is 11.8 Å². The third-order valence-corrected chi connectivity index (χ3v) is 4.34. The second kappa shape index (κ2) is 6.02. The van der Waals surface area contributed by atoms with E-state index in [1.165, 1.54) is 6.33 Å². The fraction of sp³-hybridized carbons (Fsp3) is 0.111. The Morgan fingerprint density at radius 2 is 1.62 bits per heavy atom. The summed E-state index contributed by atoms with van der Waals surface area (Å²) in [5, 5.41) is 8.94. The van der Waals surface area contributed by atoms with Crippen molar-refractivity contribution in [3.63, 3.8) is 0 Å². The van der Waals surface area contributed by atoms with Crippen molar-refractivity contribution in [2.24, 2.45) is 7.05 Å². The third kappa shape index (κ3) is 2.63. The molecule has 24 heavy (non-hydrogen) atoms. The van der Waals surface area contributed by atoms with Crippen LogP contribution in [0, 0.1) is 0 Å². The molecule has 0 amide bonds. The molecule has 1 unspecified atom stereocenters. The van der Waals surface area contributed by atoms with Crippen LogP contribution in [-0.2, 0) is 7.05 Å². The molecule has 1 atom stereocenters. The van der Waals surface area contributed by atoms with Gasteiger partial charge in [-0.1, -0.05) is 35.0 Å². The predicted molar refractivity (Wildman–Crippen MR) is 92.9 cm³/mol. The topological polar surface area (TPSA) is 56.5 Å². The maximum atomic E-state index is 6.05. The number of hydrogen-bond acceptors (Lipinski definition) is 4. The molecule has 0 aliphatic rings. The molecule has 0 fully saturated rings. The molecule has 4 rings (SSSR count). The highest BCUT2D eigenvalue weighted by atomic mass is 35.5. The average molecular weight is 336 g/mol. The van der Waals surface area contributed by atoms with E-state index in [4.69, 9.17) is 11.6 Å². The maximum absolute atomic E-state index is 6.05. The van der Waals surface area contributed by atoms with Gasteiger partial charge in [0.2, 0.25) is 0 Å². The van der Waals surface area contributed by atoms with Gasteiger partial charge in [-0.05, 0) is 35.4 Å². The first-order chi connectivity index (χ1) is 11.7. The molecular weight excluding hydrogens is 322 g/mol. The molecule has 6 heteroatoms. The standard InChI is InChI=1S/C18H14ClN5/c1-24-17-8-13(4-7-16(17)22-23-24)18(14-9-20-11-21-10-14)12-2-5-15(19)6-3-12/h2-11,18H,1H3. The molecule has 0 radical (unpaired) electrons. The molecule has 4 aromatic rings. The Bertz CT molecular complexity index is 979. The first-order valence-corrected chi connectivity index (χ1v) is 7.90. The molecule has 5 nitrogen and oxygen atoms in total. The van der Waals surface area contributed by atoms with Crippen molar-refractivity contribution in [1.82, 2.24) is 25.0 Å². The Kier molecular flexibility index (Phi) is 3.70. The largest absolute Gasteiger partial charge is 0.248 e. The van der Waals surface area contributed by atoms with Crippen molar-refractivity contribution in [3.05, 3.63) is 82.9 Å². The summed E-state index contributed by atoms with van der Waals surface area (Å²) in [7, 11) is 1.89. The van der Waals surface area contributed by atoms with E-state index in [1.807, 2.05) is 49.8 Å². The van der Waals surface area contributed by atoms with Gasteiger partial charge in [0, 0.05) is 35.9 Å². The second-order valence-electron chi connectivity index (χ2n) is 5.62. The lowest BCUT2D eigenvalue weighted by Crippen LogP contribution is -2.05. The Hall–Kier alpha value is -2.79. The Labute approximate surface area is 143 Å². The van der Waals surface area contributed by atoms with Gasteiger partial charge in [-0.25, -0.2) is 14.6 Å². The van der Waals surface area contributed by atoms with Crippen molar-refractivity contribution >= 4 is 22.6 Å². The van der Waals surface area contributed by atoms with Crippen molar-refractivity contribution in [2.45, 2.75) is 5.92 Å². The third-order valence-electron chi connectivity index (χ3n) is 4.09. The van der Waals surface area contributed by atoms with Gasteiger partial charge in [0.25, 0.3) is 0 Å². The summed E-state index contributed by atoms with van der Waals surface area (Å²) in [5.74, 6) is 0.0165. The van der Waals surface area contributed by atoms with Crippen LogP contribution in [0.2, 0.25) is 5.02 Å². The lowest BCUT2D eigenvalue weighted by atomic mass is 9.86. The van der Waals surface area contributed by atoms with E-state index in [1.54, 1.807) is 4.68 Å². The molecule has 0 bridgehead atoms. The summed E-state index contributed by atoms with van der Waals surface area (Å²) in [6, 6.07) is 14.0. The first kappa shape index (κ1) is 14.8. The zero-order valence-electron chi connectivity index (χ0n) is 13.0. The van der Waals surface area contributed by atoms with Crippen LogP contribution in [0.3, 0.4) is 0 Å². The van der Waals surface area contributed by atoms with Crippen LogP contribution in [0.25, 0.3) is 11.0 Å². The monoisotopic (exact) mass is 335 g/mol. The van der Waals surface area contributed by atoms with Crippen molar-refractivity contribution in [1.29, 1.82) is 0 Å². The van der Waals surface area contributed by atoms with Crippen LogP contribution >= 0.6 is 11.6 Å². The number of benzene rings is 2. The van der Waals surface area contributed by atoms with E-state index in [0.717, 1.165) is 27.7 Å². The molecule has 2 aromatic carbocycles. The van der Waals surface area contributed by atoms with E-state index in [0.29, 0.717) is 5.02 Å². The Morgan fingerprint density at radius 1 is 0.917 bits per heavy atom. The summed E-state index contributed by atoms with van der Waals surface area (Å²) >= 11 is 6.05. The number of aromatic nitrogens is 5. The predicted octanol–water partition coefficient (Wildman–Crippen LogP) is 3.59. The number of rotatable bonds is 3. The number of aryl methyl sites for hydroxylation is 1. The van der Waals surface area contributed by atoms with Crippen LogP contribution < -0.4 is 0 Å². The van der Waals surface area contributed by atoms with Crippen molar-refractivity contribution in [2.75, 3.05) is 0 Å². The molecule has 2 aromatic heterocycles. The summed E-state index contributed by atoms with van der Waals surface area (Å²) in [4.78, 5) is 8.35. The zero-order valence-corrected chi connectivity index (χ0v) is 13.7. The molecule has 0 spiro atoms. The van der Waals surface area contributed by atoms with E-state index < -0.39 is 0 Å². The van der Waals surface area contributed by atoms with E-state index in [9.17, 15) is 0 Å². The van der Waals surface area contributed by atoms with Crippen molar-refractivity contribution in [3.8, 4) is 0 Å². The molecule has 118 valence electrons. The van der Waals surface area contributed by atoms with Gasteiger partial charge in [-0.2, -0.15) is 0 Å². The highest BCUT2D eigenvalue weighted by molar-refractivity contribution is 6.30. The van der Waals surface area contributed by atoms with Crippen molar-refractivity contribution < 1.29 is 0 Å². The quantitative estimate of drug-likeness (QED) is 0.574. The van der Waals surface area contributed by atoms with Crippen LogP contribution in [0.5, 0.6) is 0 Å². The molecule has 0 N–H and O–H groups in total. The number of nitrogens with zero attached hydrogens (tertiary/aromatic N) is 5. The number of hydrogen-bond donors (Lipinski definition) is 0. The lowest BCUT2D eigenvalue weighted by molar-refractivity contribution is 0.736. The van der Waals surface area contributed by atoms with Crippen LogP contribution in [0.15, 0.2) is 61.2 Å². The smallest absolute Gasteiger partial charge is 0.115 e. The van der Waals surface area contributed by atoms with Gasteiger partial charge in [0.05, 0.1) is 5.52 Å². The van der Waals surface area contributed by atoms with Gasteiger partial charge in [0.15, 0.2) is 0 Å². The lowest BCUT2D eigenvalue weighted by Gasteiger charge is -2.18. The van der Waals surface area contributed by atoms with E-state index in [2.05, 4.69) is 32.4 Å². The second-order valence-corrected chi connectivity index (χ2v) is 6.05. The Morgan fingerprint density at radius 3 is 2.38 bits per heavy atom. The minimum absolute atomic E-state index is 0.0165. The average Bonchev–Trinajstić information content (AvgIpc) is 2.99. The number of halogens is 1. The fourth-order valence-electron chi connectivity index (χ4n) is 2.92. The summed E-state index contributed by atoms with van der Waals surface area (Å²) in [6.45, 7) is 0. The highest BCUT2D eigenvalue weighted by Gasteiger charge is 2.18. The SMILES string of the molecule is Cn1nnc2ccc(C(c3ccc(Cl)cc3)c3cncnc3)cc21. The Balaban J connectivity index is 1.90. The summed E-state index contributed by atoms with van der Waals surface area (Å²) in [5.41, 5.74) is 5.15. The van der Waals surface area contributed by atoms with Gasteiger partial charge in [-0.15, -0.1) is 5.10 Å². The molecule has 2 heterocycles. The van der Waals surface area contributed by atoms with E-state index in [-0.39, 0.29) is 5.92 Å². The van der Waals surface area contributed by atoms with Crippen LogP contribution in [0.1, 0.15) is 22.6 Å².